The summed E-state index contributed by atoms with van der Waals surface area (Å²) in [5.41, 5.74) is 3.82. The zero-order valence-corrected chi connectivity index (χ0v) is 20.7. The van der Waals surface area contributed by atoms with Crippen LogP contribution in [0.2, 0.25) is 0 Å². The molecule has 5 nitrogen and oxygen atoms in total. The summed E-state index contributed by atoms with van der Waals surface area (Å²) in [5, 5.41) is 8.97. The highest BCUT2D eigenvalue weighted by atomic mass is 32.1. The number of benzene rings is 4. The molecule has 0 radical (unpaired) electrons. The summed E-state index contributed by atoms with van der Waals surface area (Å²) >= 11 is 5.62. The molecule has 0 aliphatic carbocycles. The molecule has 180 valence electrons. The molecular weight excluding hydrogens is 468 g/mol. The van der Waals surface area contributed by atoms with Crippen LogP contribution in [-0.4, -0.2) is 17.7 Å². The Kier molecular flexibility index (Phi) is 6.96. The minimum absolute atomic E-state index is 0.258. The van der Waals surface area contributed by atoms with Gasteiger partial charge in [-0.15, -0.1) is 0 Å². The maximum Gasteiger partial charge on any atom is 0.338 e. The Hall–Kier alpha value is -4.16. The number of hydrogen-bond acceptors (Lipinski definition) is 4. The average molecular weight is 495 g/mol. The zero-order chi connectivity index (χ0) is 24.9. The normalized spacial score (nSPS) is 15.2. The highest BCUT2D eigenvalue weighted by Crippen LogP contribution is 2.40. The summed E-state index contributed by atoms with van der Waals surface area (Å²) in [7, 11) is 0. The van der Waals surface area contributed by atoms with Crippen LogP contribution in [0.5, 0.6) is 5.75 Å². The largest absolute Gasteiger partial charge is 0.489 e. The van der Waals surface area contributed by atoms with E-state index in [1.165, 1.54) is 0 Å². The Bertz CT molecular complexity index is 1430. The molecule has 0 unspecified atom stereocenters. The molecule has 6 heteroatoms. The summed E-state index contributed by atoms with van der Waals surface area (Å²) in [6, 6.07) is 31.2. The van der Waals surface area contributed by atoms with Crippen LogP contribution in [0.4, 0.5) is 0 Å². The van der Waals surface area contributed by atoms with Crippen molar-refractivity contribution < 1.29 is 14.3 Å². The molecule has 0 amide bonds. The van der Waals surface area contributed by atoms with Gasteiger partial charge in [0.15, 0.2) is 5.11 Å². The van der Waals surface area contributed by atoms with Crippen molar-refractivity contribution in [2.45, 2.75) is 19.6 Å². The third-order valence-electron chi connectivity index (χ3n) is 6.09. The lowest BCUT2D eigenvalue weighted by Gasteiger charge is -2.32. The standard InChI is InChI=1S/C30H26N2O3S/c1-2-34-29(33)26-27(22-14-7-4-8-15-22)31-30(36)32-28(26)25-23-16-10-9-13-21(23)17-18-24(25)35-19-20-11-5-3-6-12-20/h3-18,28H,2,19H2,1H3,(H2,31,32,36)/t28-/m1/s1. The fourth-order valence-electron chi connectivity index (χ4n) is 4.48. The Labute approximate surface area is 215 Å². The minimum Gasteiger partial charge on any atom is -0.489 e. The molecule has 4 aromatic rings. The molecule has 36 heavy (non-hydrogen) atoms. The first-order valence-electron chi connectivity index (χ1n) is 11.9. The predicted molar refractivity (Wildman–Crippen MR) is 146 cm³/mol. The molecule has 0 saturated heterocycles. The smallest absolute Gasteiger partial charge is 0.338 e. The van der Waals surface area contributed by atoms with Gasteiger partial charge in [0.25, 0.3) is 0 Å². The van der Waals surface area contributed by atoms with E-state index >= 15 is 0 Å². The number of carbonyl (C=O) groups is 1. The van der Waals surface area contributed by atoms with E-state index in [4.69, 9.17) is 21.7 Å². The second-order valence-electron chi connectivity index (χ2n) is 8.38. The summed E-state index contributed by atoms with van der Waals surface area (Å²) in [5.74, 6) is 0.264. The van der Waals surface area contributed by atoms with Gasteiger partial charge < -0.3 is 20.1 Å². The lowest BCUT2D eigenvalue weighted by molar-refractivity contribution is -0.138. The van der Waals surface area contributed by atoms with Crippen LogP contribution < -0.4 is 15.4 Å². The Morgan fingerprint density at radius 3 is 2.33 bits per heavy atom. The summed E-state index contributed by atoms with van der Waals surface area (Å²) in [4.78, 5) is 13.5. The van der Waals surface area contributed by atoms with Crippen LogP contribution >= 0.6 is 12.2 Å². The van der Waals surface area contributed by atoms with Crippen molar-refractivity contribution in [3.05, 3.63) is 119 Å². The first kappa shape index (κ1) is 23.6. The second-order valence-corrected chi connectivity index (χ2v) is 8.79. The monoisotopic (exact) mass is 494 g/mol. The number of fused-ring (bicyclic) bond motifs is 1. The lowest BCUT2D eigenvalue weighted by atomic mass is 9.89. The van der Waals surface area contributed by atoms with Crippen LogP contribution in [0.3, 0.4) is 0 Å². The maximum absolute atomic E-state index is 13.5. The van der Waals surface area contributed by atoms with E-state index in [0.29, 0.717) is 28.7 Å². The van der Waals surface area contributed by atoms with Crippen molar-refractivity contribution in [1.29, 1.82) is 0 Å². The van der Waals surface area contributed by atoms with Crippen molar-refractivity contribution in [2.75, 3.05) is 6.61 Å². The fraction of sp³-hybridized carbons (Fsp3) is 0.133. The topological polar surface area (TPSA) is 59.6 Å². The second kappa shape index (κ2) is 10.6. The van der Waals surface area contributed by atoms with Gasteiger partial charge in [-0.05, 0) is 47.1 Å². The van der Waals surface area contributed by atoms with E-state index in [9.17, 15) is 4.79 Å². The molecule has 2 N–H and O–H groups in total. The molecule has 1 aliphatic rings. The first-order valence-corrected chi connectivity index (χ1v) is 12.3. The molecule has 0 bridgehead atoms. The molecule has 0 aromatic heterocycles. The van der Waals surface area contributed by atoms with E-state index < -0.39 is 12.0 Å². The van der Waals surface area contributed by atoms with Gasteiger partial charge in [0.1, 0.15) is 12.4 Å². The Morgan fingerprint density at radius 1 is 0.889 bits per heavy atom. The first-order chi connectivity index (χ1) is 17.7. The number of nitrogens with one attached hydrogen (secondary N) is 2. The van der Waals surface area contributed by atoms with Gasteiger partial charge in [-0.3, -0.25) is 0 Å². The van der Waals surface area contributed by atoms with Gasteiger partial charge >= 0.3 is 5.97 Å². The molecule has 0 saturated carbocycles. The molecule has 0 spiro atoms. The summed E-state index contributed by atoms with van der Waals surface area (Å²) < 4.78 is 11.9. The summed E-state index contributed by atoms with van der Waals surface area (Å²) in [6.07, 6.45) is 0. The van der Waals surface area contributed by atoms with E-state index in [1.807, 2.05) is 97.1 Å². The van der Waals surface area contributed by atoms with E-state index in [-0.39, 0.29) is 6.61 Å². The number of hydrogen-bond donors (Lipinski definition) is 2. The van der Waals surface area contributed by atoms with Crippen LogP contribution in [0.15, 0.2) is 103 Å². The average Bonchev–Trinajstić information content (AvgIpc) is 2.92. The Balaban J connectivity index is 1.70. The quantitative estimate of drug-likeness (QED) is 0.246. The zero-order valence-electron chi connectivity index (χ0n) is 19.9. The van der Waals surface area contributed by atoms with Crippen molar-refractivity contribution in [3.8, 4) is 5.75 Å². The maximum atomic E-state index is 13.5. The van der Waals surface area contributed by atoms with Gasteiger partial charge in [0, 0.05) is 5.56 Å². The van der Waals surface area contributed by atoms with E-state index in [1.54, 1.807) is 6.92 Å². The van der Waals surface area contributed by atoms with Crippen LogP contribution in [0, 0.1) is 0 Å². The van der Waals surface area contributed by atoms with Crippen LogP contribution in [0.25, 0.3) is 16.5 Å². The number of esters is 1. The molecular formula is C30H26N2O3S. The predicted octanol–water partition coefficient (Wildman–Crippen LogP) is 5.91. The highest BCUT2D eigenvalue weighted by Gasteiger charge is 2.35. The fourth-order valence-corrected chi connectivity index (χ4v) is 4.70. The summed E-state index contributed by atoms with van der Waals surface area (Å²) in [6.45, 7) is 2.45. The van der Waals surface area contributed by atoms with Crippen molar-refractivity contribution in [1.82, 2.24) is 10.6 Å². The lowest BCUT2D eigenvalue weighted by Crippen LogP contribution is -2.45. The van der Waals surface area contributed by atoms with Gasteiger partial charge in [-0.2, -0.15) is 0 Å². The molecule has 0 fully saturated rings. The number of carbonyl (C=O) groups excluding carboxylic acids is 1. The third kappa shape index (κ3) is 4.81. The van der Waals surface area contributed by atoms with Crippen molar-refractivity contribution in [3.63, 3.8) is 0 Å². The number of thiocarbonyl (C=S) groups is 1. The molecule has 1 aliphatic heterocycles. The molecule has 1 atom stereocenters. The van der Waals surface area contributed by atoms with E-state index in [0.717, 1.165) is 27.5 Å². The number of rotatable bonds is 7. The van der Waals surface area contributed by atoms with Crippen LogP contribution in [-0.2, 0) is 16.1 Å². The number of ether oxygens (including phenoxy) is 2. The van der Waals surface area contributed by atoms with Crippen molar-refractivity contribution in [2.24, 2.45) is 0 Å². The molecule has 1 heterocycles. The third-order valence-corrected chi connectivity index (χ3v) is 6.31. The van der Waals surface area contributed by atoms with Gasteiger partial charge in [0.2, 0.25) is 0 Å². The van der Waals surface area contributed by atoms with Gasteiger partial charge in [-0.1, -0.05) is 91.0 Å². The van der Waals surface area contributed by atoms with Gasteiger partial charge in [-0.25, -0.2) is 4.79 Å². The van der Waals surface area contributed by atoms with Crippen LogP contribution in [0.1, 0.15) is 29.7 Å². The molecule has 5 rings (SSSR count). The van der Waals surface area contributed by atoms with E-state index in [2.05, 4.69) is 10.6 Å². The van der Waals surface area contributed by atoms with Crippen molar-refractivity contribution >= 4 is 39.8 Å². The molecule has 4 aromatic carbocycles. The SMILES string of the molecule is CCOC(=O)C1=C(c2ccccc2)NC(=S)N[C@@H]1c1c(OCc2ccccc2)ccc2ccccc12. The Morgan fingerprint density at radius 2 is 1.58 bits per heavy atom. The minimum atomic E-state index is -0.579. The van der Waals surface area contributed by atoms with Gasteiger partial charge in [0.05, 0.1) is 23.9 Å². The highest BCUT2D eigenvalue weighted by molar-refractivity contribution is 7.80.